The Morgan fingerprint density at radius 2 is 1.94 bits per heavy atom. The largest absolute Gasteiger partial charge is 0.495 e. The summed E-state index contributed by atoms with van der Waals surface area (Å²) in [6.45, 7) is 1.95. The summed E-state index contributed by atoms with van der Waals surface area (Å²) in [4.78, 5) is 14.5. The lowest BCUT2D eigenvalue weighted by Crippen LogP contribution is -2.07. The van der Waals surface area contributed by atoms with Crippen molar-refractivity contribution in [1.82, 2.24) is 0 Å². The van der Waals surface area contributed by atoms with Crippen LogP contribution in [0.5, 0.6) is 11.5 Å². The van der Waals surface area contributed by atoms with Gasteiger partial charge >= 0.3 is 0 Å². The van der Waals surface area contributed by atoms with Crippen molar-refractivity contribution in [3.05, 3.63) is 21.7 Å². The molecule has 1 aromatic carbocycles. The van der Waals surface area contributed by atoms with E-state index >= 15 is 0 Å². The number of isocyanates is 1. The number of methoxy groups -OCH3 is 2. The van der Waals surface area contributed by atoms with Gasteiger partial charge in [0.05, 0.1) is 14.2 Å². The third-order valence-corrected chi connectivity index (χ3v) is 3.98. The summed E-state index contributed by atoms with van der Waals surface area (Å²) in [6.07, 6.45) is 3.35. The van der Waals surface area contributed by atoms with Crippen LogP contribution in [-0.2, 0) is 10.3 Å². The van der Waals surface area contributed by atoms with E-state index in [1.54, 1.807) is 20.3 Å². The predicted molar refractivity (Wildman–Crippen MR) is 71.0 cm³/mol. The van der Waals surface area contributed by atoms with Crippen molar-refractivity contribution >= 4 is 22.0 Å². The van der Waals surface area contributed by atoms with E-state index in [1.165, 1.54) is 0 Å². The molecule has 1 saturated carbocycles. The monoisotopic (exact) mass is 311 g/mol. The molecule has 4 nitrogen and oxygen atoms in total. The number of hydrogen-bond acceptors (Lipinski definition) is 4. The fourth-order valence-corrected chi connectivity index (χ4v) is 3.04. The van der Waals surface area contributed by atoms with Crippen molar-refractivity contribution in [1.29, 1.82) is 0 Å². The molecule has 0 amide bonds. The van der Waals surface area contributed by atoms with E-state index in [9.17, 15) is 4.79 Å². The molecule has 1 aliphatic carbocycles. The molecule has 0 saturated heterocycles. The molecule has 0 heterocycles. The van der Waals surface area contributed by atoms with Crippen LogP contribution >= 0.6 is 15.9 Å². The molecule has 0 radical (unpaired) electrons. The first-order chi connectivity index (χ1) is 8.59. The highest BCUT2D eigenvalue weighted by Gasteiger charge is 2.47. The minimum absolute atomic E-state index is 0.452. The van der Waals surface area contributed by atoms with Crippen LogP contribution in [0.1, 0.15) is 24.0 Å². The Bertz CT molecular complexity index is 532. The van der Waals surface area contributed by atoms with E-state index in [0.29, 0.717) is 5.75 Å². The number of aryl methyl sites for hydroxylation is 1. The van der Waals surface area contributed by atoms with Gasteiger partial charge < -0.3 is 9.47 Å². The molecule has 0 aromatic heterocycles. The Balaban J connectivity index is 2.65. The second-order valence-corrected chi connectivity index (χ2v) is 5.15. The van der Waals surface area contributed by atoms with Crippen LogP contribution in [0, 0.1) is 6.92 Å². The maximum atomic E-state index is 10.6. The quantitative estimate of drug-likeness (QED) is 0.634. The van der Waals surface area contributed by atoms with Gasteiger partial charge in [-0.15, -0.1) is 0 Å². The highest BCUT2D eigenvalue weighted by Crippen LogP contribution is 2.55. The van der Waals surface area contributed by atoms with Crippen LogP contribution in [0.15, 0.2) is 15.5 Å². The second-order valence-electron chi connectivity index (χ2n) is 4.36. The summed E-state index contributed by atoms with van der Waals surface area (Å²) in [5.74, 6) is 1.41. The number of ether oxygens (including phenoxy) is 2. The predicted octanol–water partition coefficient (Wildman–Crippen LogP) is 3.10. The topological polar surface area (TPSA) is 47.9 Å². The van der Waals surface area contributed by atoms with Crippen LogP contribution < -0.4 is 9.47 Å². The number of nitrogens with zero attached hydrogens (tertiary/aromatic N) is 1. The number of hydrogen-bond donors (Lipinski definition) is 0. The van der Waals surface area contributed by atoms with Gasteiger partial charge in [-0.1, -0.05) is 0 Å². The summed E-state index contributed by atoms with van der Waals surface area (Å²) < 4.78 is 11.5. The fraction of sp³-hybridized carbons (Fsp3) is 0.462. The molecule has 0 atom stereocenters. The Morgan fingerprint density at radius 1 is 1.33 bits per heavy atom. The van der Waals surface area contributed by atoms with E-state index in [-0.39, 0.29) is 0 Å². The molecule has 0 N–H and O–H groups in total. The average Bonchev–Trinajstić information content (AvgIpc) is 3.10. The van der Waals surface area contributed by atoms with E-state index in [0.717, 1.165) is 34.2 Å². The number of rotatable bonds is 4. The first kappa shape index (κ1) is 13.1. The van der Waals surface area contributed by atoms with Crippen LogP contribution in [0.3, 0.4) is 0 Å². The van der Waals surface area contributed by atoms with Crippen molar-refractivity contribution in [3.8, 4) is 11.5 Å². The fourth-order valence-electron chi connectivity index (χ4n) is 2.19. The summed E-state index contributed by atoms with van der Waals surface area (Å²) >= 11 is 3.48. The summed E-state index contributed by atoms with van der Waals surface area (Å²) in [5.41, 5.74) is 1.44. The third kappa shape index (κ3) is 1.93. The highest BCUT2D eigenvalue weighted by atomic mass is 79.9. The van der Waals surface area contributed by atoms with Gasteiger partial charge in [-0.05, 0) is 47.3 Å². The lowest BCUT2D eigenvalue weighted by atomic mass is 10.0. The molecule has 1 fully saturated rings. The van der Waals surface area contributed by atoms with Crippen LogP contribution in [0.25, 0.3) is 0 Å². The Morgan fingerprint density at radius 3 is 2.39 bits per heavy atom. The number of halogens is 1. The maximum absolute atomic E-state index is 10.6. The Kier molecular flexibility index (Phi) is 3.46. The number of aliphatic imine (C=N–C) groups is 1. The molecule has 0 unspecified atom stereocenters. The van der Waals surface area contributed by atoms with Crippen molar-refractivity contribution in [2.24, 2.45) is 4.99 Å². The zero-order valence-corrected chi connectivity index (χ0v) is 12.1. The van der Waals surface area contributed by atoms with Crippen molar-refractivity contribution in [3.63, 3.8) is 0 Å². The summed E-state index contributed by atoms with van der Waals surface area (Å²) in [6, 6.07) is 1.97. The minimum atomic E-state index is -0.452. The van der Waals surface area contributed by atoms with Gasteiger partial charge in [0.1, 0.15) is 21.5 Å². The molecule has 2 rings (SSSR count). The van der Waals surface area contributed by atoms with Gasteiger partial charge in [-0.2, -0.15) is 4.99 Å². The van der Waals surface area contributed by atoms with Gasteiger partial charge in [0.15, 0.2) is 0 Å². The van der Waals surface area contributed by atoms with Crippen LogP contribution in [0.2, 0.25) is 0 Å². The number of benzene rings is 1. The van der Waals surface area contributed by atoms with E-state index < -0.39 is 5.54 Å². The summed E-state index contributed by atoms with van der Waals surface area (Å²) in [5, 5.41) is 0. The lowest BCUT2D eigenvalue weighted by molar-refractivity contribution is 0.381. The van der Waals surface area contributed by atoms with Crippen LogP contribution in [0.4, 0.5) is 0 Å². The highest BCUT2D eigenvalue weighted by molar-refractivity contribution is 9.10. The number of carbonyl (C=O) groups excluding carboxylic acids is 1. The van der Waals surface area contributed by atoms with Crippen molar-refractivity contribution in [2.45, 2.75) is 25.3 Å². The summed E-state index contributed by atoms with van der Waals surface area (Å²) in [7, 11) is 3.21. The zero-order chi connectivity index (χ0) is 13.3. The van der Waals surface area contributed by atoms with Gasteiger partial charge in [-0.3, -0.25) is 0 Å². The normalized spacial score (nSPS) is 15.8. The molecular formula is C13H14BrNO3. The zero-order valence-electron chi connectivity index (χ0n) is 10.5. The van der Waals surface area contributed by atoms with Gasteiger partial charge in [0.25, 0.3) is 0 Å². The molecule has 0 spiro atoms. The molecule has 0 aliphatic heterocycles. The van der Waals surface area contributed by atoms with E-state index in [1.807, 2.05) is 13.0 Å². The van der Waals surface area contributed by atoms with E-state index in [2.05, 4.69) is 20.9 Å². The van der Waals surface area contributed by atoms with Crippen LogP contribution in [-0.4, -0.2) is 20.3 Å². The average molecular weight is 312 g/mol. The standard InChI is InChI=1S/C13H14BrNO3/c1-8-6-9(13(4-5-13)15-7-16)12(18-3)10(14)11(8)17-2/h6H,4-5H2,1-3H3. The van der Waals surface area contributed by atoms with Gasteiger partial charge in [0, 0.05) is 5.56 Å². The Hall–Kier alpha value is -1.32. The van der Waals surface area contributed by atoms with Crippen molar-refractivity contribution < 1.29 is 14.3 Å². The minimum Gasteiger partial charge on any atom is -0.495 e. The third-order valence-electron chi connectivity index (χ3n) is 3.26. The smallest absolute Gasteiger partial charge is 0.235 e. The van der Waals surface area contributed by atoms with Crippen molar-refractivity contribution in [2.75, 3.05) is 14.2 Å². The molecule has 0 bridgehead atoms. The first-order valence-corrected chi connectivity index (χ1v) is 6.39. The van der Waals surface area contributed by atoms with E-state index in [4.69, 9.17) is 9.47 Å². The molecule has 1 aliphatic rings. The maximum Gasteiger partial charge on any atom is 0.235 e. The SMILES string of the molecule is COc1c(C)cc(C2(N=C=O)CC2)c(OC)c1Br. The molecular weight excluding hydrogens is 298 g/mol. The molecule has 1 aromatic rings. The Labute approximate surface area is 114 Å². The van der Waals surface area contributed by atoms with Gasteiger partial charge in [0.2, 0.25) is 6.08 Å². The van der Waals surface area contributed by atoms with Gasteiger partial charge in [-0.25, -0.2) is 4.79 Å². The second kappa shape index (κ2) is 4.75. The molecule has 5 heteroatoms. The molecule has 96 valence electrons. The molecule has 18 heavy (non-hydrogen) atoms. The lowest BCUT2D eigenvalue weighted by Gasteiger charge is -2.18. The first-order valence-electron chi connectivity index (χ1n) is 5.60.